The Morgan fingerprint density at radius 3 is 1.95 bits per heavy atom. The molecule has 0 heterocycles. The van der Waals surface area contributed by atoms with Gasteiger partial charge in [0.15, 0.2) is 0 Å². The Balaban J connectivity index is 2.66. The van der Waals surface area contributed by atoms with Crippen molar-refractivity contribution in [3.8, 4) is 0 Å². The van der Waals surface area contributed by atoms with Crippen LogP contribution in [-0.4, -0.2) is 20.8 Å². The second kappa shape index (κ2) is 7.77. The highest BCUT2D eigenvalue weighted by Crippen LogP contribution is 2.21. The maximum Gasteiger partial charge on any atom is 0.335 e. The molecule has 0 atom stereocenters. The van der Waals surface area contributed by atoms with Crippen LogP contribution in [0.4, 0.5) is 0 Å². The Labute approximate surface area is 125 Å². The third-order valence-electron chi connectivity index (χ3n) is 3.05. The van der Waals surface area contributed by atoms with Gasteiger partial charge < -0.3 is 8.85 Å². The van der Waals surface area contributed by atoms with Gasteiger partial charge in [0.2, 0.25) is 0 Å². The summed E-state index contributed by atoms with van der Waals surface area (Å²) in [5.74, 6) is 0. The lowest BCUT2D eigenvalue weighted by Crippen LogP contribution is -2.43. The van der Waals surface area contributed by atoms with E-state index >= 15 is 0 Å². The topological polar surface area (TPSA) is 18.5 Å². The molecule has 0 spiro atoms. The first kappa shape index (κ1) is 17.1. The van der Waals surface area contributed by atoms with Crippen molar-refractivity contribution >= 4 is 14.6 Å². The molecule has 0 radical (unpaired) electrons. The molecule has 0 N–H and O–H groups in total. The van der Waals surface area contributed by atoms with Crippen molar-refractivity contribution in [2.45, 2.75) is 58.9 Å². The minimum absolute atomic E-state index is 0.216. The maximum atomic E-state index is 6.12. The van der Waals surface area contributed by atoms with Gasteiger partial charge in [-0.3, -0.25) is 0 Å². The van der Waals surface area contributed by atoms with E-state index in [2.05, 4.69) is 65.1 Å². The Kier molecular flexibility index (Phi) is 6.66. The molecule has 1 aromatic rings. The van der Waals surface area contributed by atoms with E-state index in [0.29, 0.717) is 0 Å². The molecular formula is C17H28O2Si. The maximum absolute atomic E-state index is 6.12. The van der Waals surface area contributed by atoms with Gasteiger partial charge in [-0.15, -0.1) is 0 Å². The molecule has 0 aliphatic carbocycles. The number of rotatable bonds is 8. The van der Waals surface area contributed by atoms with E-state index in [4.69, 9.17) is 8.85 Å². The molecule has 20 heavy (non-hydrogen) atoms. The fourth-order valence-electron chi connectivity index (χ4n) is 2.33. The van der Waals surface area contributed by atoms with Gasteiger partial charge in [-0.05, 0) is 57.8 Å². The summed E-state index contributed by atoms with van der Waals surface area (Å²) in [6, 6.07) is 9.52. The zero-order valence-electron chi connectivity index (χ0n) is 13.5. The summed E-state index contributed by atoms with van der Waals surface area (Å²) in [6.45, 7) is 14.3. The molecule has 0 aliphatic rings. The number of benzene rings is 1. The molecule has 0 saturated carbocycles. The molecule has 1 aromatic carbocycles. The van der Waals surface area contributed by atoms with Crippen LogP contribution in [0.3, 0.4) is 0 Å². The largest absolute Gasteiger partial charge is 0.392 e. The molecule has 0 aliphatic heterocycles. The van der Waals surface area contributed by atoms with Crippen LogP contribution in [0.1, 0.15) is 38.8 Å². The average Bonchev–Trinajstić information content (AvgIpc) is 2.35. The van der Waals surface area contributed by atoms with Crippen LogP contribution in [0.2, 0.25) is 12.6 Å². The predicted octanol–water partition coefficient (Wildman–Crippen LogP) is 4.79. The highest BCUT2D eigenvalue weighted by Gasteiger charge is 2.33. The first-order chi connectivity index (χ1) is 9.34. The Bertz CT molecular complexity index is 400. The molecular weight excluding hydrogens is 264 g/mol. The summed E-state index contributed by atoms with van der Waals surface area (Å²) in [5, 5.41) is 0. The Morgan fingerprint density at radius 1 is 1.05 bits per heavy atom. The van der Waals surface area contributed by atoms with E-state index in [1.165, 1.54) is 5.56 Å². The molecule has 3 heteroatoms. The zero-order chi connectivity index (χ0) is 15.2. The van der Waals surface area contributed by atoms with Crippen LogP contribution >= 0.6 is 0 Å². The Morgan fingerprint density at radius 2 is 1.55 bits per heavy atom. The van der Waals surface area contributed by atoms with Gasteiger partial charge in [0.25, 0.3) is 0 Å². The van der Waals surface area contributed by atoms with Crippen molar-refractivity contribution in [3.05, 3.63) is 42.0 Å². The lowest BCUT2D eigenvalue weighted by molar-refractivity contribution is 0.109. The monoisotopic (exact) mass is 292 g/mol. The van der Waals surface area contributed by atoms with Crippen LogP contribution in [0, 0.1) is 0 Å². The van der Waals surface area contributed by atoms with Crippen molar-refractivity contribution in [2.24, 2.45) is 0 Å². The molecule has 0 bridgehead atoms. The summed E-state index contributed by atoms with van der Waals surface area (Å²) in [5.41, 5.74) is 2.49. The number of aryl methyl sites for hydroxylation is 1. The Hall–Kier alpha value is -0.903. The van der Waals surface area contributed by atoms with Gasteiger partial charge in [0.05, 0.1) is 0 Å². The van der Waals surface area contributed by atoms with Crippen molar-refractivity contribution in [2.75, 3.05) is 0 Å². The van der Waals surface area contributed by atoms with Crippen molar-refractivity contribution in [1.29, 1.82) is 0 Å². The van der Waals surface area contributed by atoms with Crippen LogP contribution < -0.4 is 0 Å². The van der Waals surface area contributed by atoms with E-state index in [1.807, 2.05) is 6.08 Å². The SMILES string of the molecule is C=Cc1ccc(CC[Si](C)(OC(C)C)OC(C)C)cc1. The smallest absolute Gasteiger partial charge is 0.335 e. The fourth-order valence-corrected chi connectivity index (χ4v) is 5.36. The highest BCUT2D eigenvalue weighted by atomic mass is 28.4. The van der Waals surface area contributed by atoms with Crippen molar-refractivity contribution in [3.63, 3.8) is 0 Å². The third kappa shape index (κ3) is 6.03. The van der Waals surface area contributed by atoms with E-state index in [1.54, 1.807) is 0 Å². The van der Waals surface area contributed by atoms with Gasteiger partial charge >= 0.3 is 8.56 Å². The first-order valence-corrected chi connectivity index (χ1v) is 9.94. The van der Waals surface area contributed by atoms with Crippen LogP contribution in [0.5, 0.6) is 0 Å². The van der Waals surface area contributed by atoms with Gasteiger partial charge in [-0.1, -0.05) is 36.9 Å². The molecule has 0 fully saturated rings. The molecule has 1 rings (SSSR count). The van der Waals surface area contributed by atoms with E-state index < -0.39 is 8.56 Å². The summed E-state index contributed by atoms with van der Waals surface area (Å²) < 4.78 is 12.2. The lowest BCUT2D eigenvalue weighted by atomic mass is 10.1. The zero-order valence-corrected chi connectivity index (χ0v) is 14.5. The number of hydrogen-bond acceptors (Lipinski definition) is 2. The quantitative estimate of drug-likeness (QED) is 0.641. The molecule has 112 valence electrons. The van der Waals surface area contributed by atoms with Crippen LogP contribution in [0.25, 0.3) is 6.08 Å². The second-order valence-corrected chi connectivity index (χ2v) is 9.15. The van der Waals surface area contributed by atoms with Gasteiger partial charge in [0.1, 0.15) is 0 Å². The van der Waals surface area contributed by atoms with Gasteiger partial charge in [-0.2, -0.15) is 0 Å². The summed E-state index contributed by atoms with van der Waals surface area (Å²) in [7, 11) is -2.10. The van der Waals surface area contributed by atoms with Crippen LogP contribution in [0.15, 0.2) is 30.8 Å². The second-order valence-electron chi connectivity index (χ2n) is 5.91. The lowest BCUT2D eigenvalue weighted by Gasteiger charge is -2.31. The fraction of sp³-hybridized carbons (Fsp3) is 0.529. The average molecular weight is 292 g/mol. The highest BCUT2D eigenvalue weighted by molar-refractivity contribution is 6.66. The van der Waals surface area contributed by atoms with Crippen molar-refractivity contribution < 1.29 is 8.85 Å². The molecule has 0 amide bonds. The first-order valence-electron chi connectivity index (χ1n) is 7.41. The van der Waals surface area contributed by atoms with Gasteiger partial charge in [-0.25, -0.2) is 0 Å². The normalized spacial score (nSPS) is 12.2. The predicted molar refractivity (Wildman–Crippen MR) is 89.1 cm³/mol. The summed E-state index contributed by atoms with van der Waals surface area (Å²) in [4.78, 5) is 0. The molecule has 0 aromatic heterocycles. The number of hydrogen-bond donors (Lipinski definition) is 0. The molecule has 0 saturated heterocycles. The molecule has 2 nitrogen and oxygen atoms in total. The molecule has 0 unspecified atom stereocenters. The summed E-state index contributed by atoms with van der Waals surface area (Å²) in [6.07, 6.45) is 3.30. The van der Waals surface area contributed by atoms with E-state index in [-0.39, 0.29) is 12.2 Å². The summed E-state index contributed by atoms with van der Waals surface area (Å²) >= 11 is 0. The van der Waals surface area contributed by atoms with E-state index in [0.717, 1.165) is 18.0 Å². The van der Waals surface area contributed by atoms with Crippen molar-refractivity contribution in [1.82, 2.24) is 0 Å². The minimum Gasteiger partial charge on any atom is -0.392 e. The van der Waals surface area contributed by atoms with Crippen LogP contribution in [-0.2, 0) is 15.3 Å². The standard InChI is InChI=1S/C17H28O2Si/c1-7-16-8-10-17(11-9-16)12-13-20(6,18-14(2)3)19-15(4)5/h7-11,14-15H,1,12-13H2,2-6H3. The van der Waals surface area contributed by atoms with E-state index in [9.17, 15) is 0 Å². The minimum atomic E-state index is -2.10. The van der Waals surface area contributed by atoms with Gasteiger partial charge in [0, 0.05) is 12.2 Å². The third-order valence-corrected chi connectivity index (χ3v) is 6.15.